The molecule has 228 valence electrons. The van der Waals surface area contributed by atoms with E-state index in [0.717, 1.165) is 22.8 Å². The molecule has 0 aliphatic carbocycles. The molecule has 0 bridgehead atoms. The Morgan fingerprint density at radius 2 is 1.39 bits per heavy atom. The smallest absolute Gasteiger partial charge is 0.408 e. The summed E-state index contributed by atoms with van der Waals surface area (Å²) in [4.78, 5) is 50.0. The third kappa shape index (κ3) is 8.88. The van der Waals surface area contributed by atoms with E-state index >= 15 is 0 Å². The molecule has 2 amide bonds. The van der Waals surface area contributed by atoms with Crippen molar-refractivity contribution < 1.29 is 14.3 Å². The monoisotopic (exact) mass is 595 g/mol. The van der Waals surface area contributed by atoms with Gasteiger partial charge < -0.3 is 30.3 Å². The lowest BCUT2D eigenvalue weighted by Gasteiger charge is -2.23. The normalized spacial score (nSPS) is 12.2. The molecule has 0 saturated carbocycles. The first-order valence-corrected chi connectivity index (χ1v) is 14.4. The summed E-state index contributed by atoms with van der Waals surface area (Å²) in [5, 5.41) is 5.85. The first-order valence-electron chi connectivity index (χ1n) is 14.4. The Labute approximate surface area is 255 Å². The van der Waals surface area contributed by atoms with Crippen LogP contribution in [0.2, 0.25) is 0 Å². The highest BCUT2D eigenvalue weighted by Gasteiger charge is 2.22. The van der Waals surface area contributed by atoms with Gasteiger partial charge in [0.15, 0.2) is 0 Å². The number of imidazole rings is 3. The molecule has 0 radical (unpaired) electrons. The van der Waals surface area contributed by atoms with Gasteiger partial charge in [-0.05, 0) is 56.2 Å². The molecular weight excluding hydrogens is 558 g/mol. The maximum atomic E-state index is 13.0. The van der Waals surface area contributed by atoms with Crippen LogP contribution in [0.4, 0.5) is 10.5 Å². The van der Waals surface area contributed by atoms with Crippen LogP contribution >= 0.6 is 0 Å². The van der Waals surface area contributed by atoms with Crippen LogP contribution in [-0.2, 0) is 30.8 Å². The zero-order valence-corrected chi connectivity index (χ0v) is 25.0. The van der Waals surface area contributed by atoms with E-state index in [1.807, 2.05) is 81.7 Å². The van der Waals surface area contributed by atoms with Crippen molar-refractivity contribution in [2.24, 2.45) is 0 Å². The second-order valence-corrected chi connectivity index (χ2v) is 11.4. The minimum atomic E-state index is -0.612. The summed E-state index contributed by atoms with van der Waals surface area (Å²) in [7, 11) is 0. The number of hydrogen-bond acceptors (Lipinski definition) is 7. The number of ether oxygens (including phenoxy) is 1. The number of amides is 2. The molecule has 12 heteroatoms. The van der Waals surface area contributed by atoms with Crippen LogP contribution < -0.4 is 10.6 Å². The number of benzene rings is 2. The van der Waals surface area contributed by atoms with E-state index in [4.69, 9.17) is 4.74 Å². The average Bonchev–Trinajstić information content (AvgIpc) is 3.78. The van der Waals surface area contributed by atoms with Gasteiger partial charge in [0.2, 0.25) is 0 Å². The molecule has 3 aromatic heterocycles. The number of nitrogens with one attached hydrogen (secondary N) is 5. The maximum absolute atomic E-state index is 13.0. The van der Waals surface area contributed by atoms with E-state index in [-0.39, 0.29) is 5.91 Å². The van der Waals surface area contributed by atoms with E-state index < -0.39 is 17.7 Å². The molecular formula is C32H37N9O3. The average molecular weight is 596 g/mol. The van der Waals surface area contributed by atoms with Crippen LogP contribution in [0, 0.1) is 0 Å². The van der Waals surface area contributed by atoms with Crippen LogP contribution in [0.5, 0.6) is 0 Å². The number of nitrogens with zero attached hydrogens (tertiary/aromatic N) is 4. The number of carbonyl (C=O) groups is 2. The second kappa shape index (κ2) is 13.8. The zero-order chi connectivity index (χ0) is 30.9. The minimum absolute atomic E-state index is 0.201. The summed E-state index contributed by atoms with van der Waals surface area (Å²) in [6.45, 7) is 7.37. The fourth-order valence-corrected chi connectivity index (χ4v) is 4.68. The molecule has 12 nitrogen and oxygen atoms in total. The lowest BCUT2D eigenvalue weighted by atomic mass is 10.0. The van der Waals surface area contributed by atoms with Gasteiger partial charge in [-0.25, -0.2) is 19.7 Å². The van der Waals surface area contributed by atoms with Gasteiger partial charge in [0.25, 0.3) is 5.91 Å². The van der Waals surface area contributed by atoms with Crippen LogP contribution in [0.1, 0.15) is 65.8 Å². The van der Waals surface area contributed by atoms with Crippen molar-refractivity contribution in [2.45, 2.75) is 58.5 Å². The molecule has 5 aromatic rings. The van der Waals surface area contributed by atoms with Gasteiger partial charge in [-0.15, -0.1) is 0 Å². The Kier molecular flexibility index (Phi) is 9.50. The quantitative estimate of drug-likeness (QED) is 0.134. The third-order valence-electron chi connectivity index (χ3n) is 6.67. The summed E-state index contributed by atoms with van der Waals surface area (Å²) in [5.41, 5.74) is 2.63. The van der Waals surface area contributed by atoms with E-state index in [2.05, 4.69) is 45.4 Å². The molecule has 5 N–H and O–H groups in total. The van der Waals surface area contributed by atoms with E-state index in [0.29, 0.717) is 43.1 Å². The van der Waals surface area contributed by atoms with Crippen molar-refractivity contribution >= 4 is 17.7 Å². The molecule has 3 heterocycles. The summed E-state index contributed by atoms with van der Waals surface area (Å²) in [6, 6.07) is 14.7. The SMILES string of the molecule is CC(C)(C)OC(=O)NC(Cc1ccc(NC(=O)c2ccc(CN(Cc3ncc[nH]3)Cc3ncc[nH]3)cc2)cc1)c1ncc[nH]1. The van der Waals surface area contributed by atoms with Gasteiger partial charge in [-0.2, -0.15) is 0 Å². The summed E-state index contributed by atoms with van der Waals surface area (Å²) in [6.07, 6.45) is 10.4. The molecule has 0 aliphatic rings. The van der Waals surface area contributed by atoms with Gasteiger partial charge in [0, 0.05) is 61.4 Å². The third-order valence-corrected chi connectivity index (χ3v) is 6.67. The minimum Gasteiger partial charge on any atom is -0.444 e. The largest absolute Gasteiger partial charge is 0.444 e. The van der Waals surface area contributed by atoms with Gasteiger partial charge in [0.05, 0.1) is 19.1 Å². The lowest BCUT2D eigenvalue weighted by Crippen LogP contribution is -2.36. The highest BCUT2D eigenvalue weighted by Crippen LogP contribution is 2.20. The van der Waals surface area contributed by atoms with E-state index in [1.165, 1.54) is 0 Å². The topological polar surface area (TPSA) is 157 Å². The zero-order valence-electron chi connectivity index (χ0n) is 25.0. The van der Waals surface area contributed by atoms with Crippen LogP contribution in [0.3, 0.4) is 0 Å². The maximum Gasteiger partial charge on any atom is 0.408 e. The van der Waals surface area contributed by atoms with Crippen LogP contribution in [0.15, 0.2) is 85.7 Å². The standard InChI is InChI=1S/C32H37N9O3/c1-32(2,3)44-31(43)40-26(29-37-16-17-38-29)18-22-6-10-25(11-7-22)39-30(42)24-8-4-23(5-9-24)19-41(20-27-33-12-13-34-27)21-28-35-14-15-36-28/h4-17,26H,18-21H2,1-3H3,(H,33,34)(H,35,36)(H,37,38)(H,39,42)(H,40,43). The van der Waals surface area contributed by atoms with Crippen molar-refractivity contribution in [3.63, 3.8) is 0 Å². The molecule has 0 saturated heterocycles. The predicted octanol–water partition coefficient (Wildman–Crippen LogP) is 5.12. The van der Waals surface area contributed by atoms with E-state index in [9.17, 15) is 9.59 Å². The van der Waals surface area contributed by atoms with Crippen LogP contribution in [-0.4, -0.2) is 52.4 Å². The van der Waals surface area contributed by atoms with E-state index in [1.54, 1.807) is 24.8 Å². The highest BCUT2D eigenvalue weighted by molar-refractivity contribution is 6.04. The van der Waals surface area contributed by atoms with Gasteiger partial charge in [0.1, 0.15) is 23.1 Å². The van der Waals surface area contributed by atoms with Gasteiger partial charge >= 0.3 is 6.09 Å². The predicted molar refractivity (Wildman–Crippen MR) is 165 cm³/mol. The molecule has 1 atom stereocenters. The number of carbonyl (C=O) groups excluding carboxylic acids is 2. The molecule has 0 aliphatic heterocycles. The summed E-state index contributed by atoms with van der Waals surface area (Å²) < 4.78 is 5.43. The van der Waals surface area contributed by atoms with Gasteiger partial charge in [-0.1, -0.05) is 24.3 Å². The van der Waals surface area contributed by atoms with Crippen molar-refractivity contribution in [3.8, 4) is 0 Å². The summed E-state index contributed by atoms with van der Waals surface area (Å²) >= 11 is 0. The Hall–Kier alpha value is -5.23. The molecule has 0 spiro atoms. The highest BCUT2D eigenvalue weighted by atomic mass is 16.6. The number of H-pyrrole nitrogens is 3. The molecule has 1 unspecified atom stereocenters. The van der Waals surface area contributed by atoms with Crippen molar-refractivity contribution in [2.75, 3.05) is 5.32 Å². The molecule has 2 aromatic carbocycles. The number of rotatable bonds is 12. The first-order chi connectivity index (χ1) is 21.2. The number of aromatic amines is 3. The Bertz CT molecular complexity index is 1550. The number of hydrogen-bond donors (Lipinski definition) is 5. The Morgan fingerprint density at radius 3 is 1.93 bits per heavy atom. The Morgan fingerprint density at radius 1 is 0.795 bits per heavy atom. The van der Waals surface area contributed by atoms with Crippen molar-refractivity contribution in [3.05, 3.63) is 120 Å². The number of alkyl carbamates (subject to hydrolysis) is 1. The molecule has 5 rings (SSSR count). The fourth-order valence-electron chi connectivity index (χ4n) is 4.68. The van der Waals surface area contributed by atoms with Crippen molar-refractivity contribution in [1.29, 1.82) is 0 Å². The first kappa shape index (κ1) is 30.2. The summed E-state index contributed by atoms with van der Waals surface area (Å²) in [5.74, 6) is 2.16. The second-order valence-electron chi connectivity index (χ2n) is 11.4. The van der Waals surface area contributed by atoms with Crippen LogP contribution in [0.25, 0.3) is 0 Å². The van der Waals surface area contributed by atoms with Crippen molar-refractivity contribution in [1.82, 2.24) is 40.1 Å². The fraction of sp³-hybridized carbons (Fsp3) is 0.281. The molecule has 44 heavy (non-hydrogen) atoms. The number of aromatic nitrogens is 6. The lowest BCUT2D eigenvalue weighted by molar-refractivity contribution is 0.0501. The van der Waals surface area contributed by atoms with Gasteiger partial charge in [-0.3, -0.25) is 9.69 Å². The molecule has 0 fully saturated rings. The Balaban J connectivity index is 1.18. The number of anilines is 1.